The fourth-order valence-corrected chi connectivity index (χ4v) is 6.70. The smallest absolute Gasteiger partial charge is 0.279 e. The van der Waals surface area contributed by atoms with Crippen LogP contribution in [-0.4, -0.2) is 25.4 Å². The van der Waals surface area contributed by atoms with E-state index in [4.69, 9.17) is 0 Å². The van der Waals surface area contributed by atoms with Gasteiger partial charge in [-0.2, -0.15) is 4.99 Å². The molecule has 0 N–H and O–H groups in total. The third-order valence-electron chi connectivity index (χ3n) is 5.74. The Bertz CT molecular complexity index is 1660. The van der Waals surface area contributed by atoms with Gasteiger partial charge in [0.05, 0.1) is 20.8 Å². The summed E-state index contributed by atoms with van der Waals surface area (Å²) in [6.45, 7) is 4.17. The van der Waals surface area contributed by atoms with Gasteiger partial charge in [0.1, 0.15) is 5.82 Å². The summed E-state index contributed by atoms with van der Waals surface area (Å²) in [5.41, 5.74) is 1.92. The molecule has 0 fully saturated rings. The number of allylic oxidation sites excluding steroid dienone is 1. The van der Waals surface area contributed by atoms with Crippen LogP contribution >= 0.6 is 11.3 Å². The maximum atomic E-state index is 14.4. The van der Waals surface area contributed by atoms with Crippen LogP contribution < -0.4 is 9.11 Å². The predicted octanol–water partition coefficient (Wildman–Crippen LogP) is 4.66. The van der Waals surface area contributed by atoms with Crippen molar-refractivity contribution in [2.24, 2.45) is 4.99 Å². The molecule has 0 bridgehead atoms. The zero-order valence-corrected chi connectivity index (χ0v) is 20.0. The minimum atomic E-state index is -3.79. The molecule has 0 saturated carbocycles. The molecule has 4 aromatic rings. The average Bonchev–Trinajstić information content (AvgIpc) is 3.41. The number of hydrogen-bond donors (Lipinski definition) is 0. The molecule has 0 aliphatic carbocycles. The number of aromatic nitrogens is 1. The molecule has 10 heteroatoms. The number of benzene rings is 3. The van der Waals surface area contributed by atoms with Gasteiger partial charge in [-0.15, -0.1) is 6.58 Å². The van der Waals surface area contributed by atoms with Gasteiger partial charge in [-0.1, -0.05) is 35.6 Å². The zero-order valence-electron chi connectivity index (χ0n) is 18.3. The number of fused-ring (bicyclic) bond motifs is 2. The molecule has 1 aliphatic heterocycles. The normalized spacial score (nSPS) is 13.9. The van der Waals surface area contributed by atoms with E-state index in [1.54, 1.807) is 12.1 Å². The standard InChI is InChI=1S/C25H19F2N3O3S2/c1-2-12-29-23-20(27)14-18(26)15-22(23)34-25(29)28-24(31)17-7-9-19(10-8-17)35(32,33)30-13-11-16-5-3-4-6-21(16)30/h2-10,14-15H,1,11-13H2. The highest BCUT2D eigenvalue weighted by Crippen LogP contribution is 2.32. The Hall–Kier alpha value is -3.63. The van der Waals surface area contributed by atoms with Crippen LogP contribution in [0.15, 0.2) is 83.2 Å². The number of anilines is 1. The van der Waals surface area contributed by atoms with E-state index < -0.39 is 27.6 Å². The van der Waals surface area contributed by atoms with Crippen LogP contribution in [0.3, 0.4) is 0 Å². The number of amides is 1. The van der Waals surface area contributed by atoms with Crippen LogP contribution in [0.25, 0.3) is 10.2 Å². The number of halogens is 2. The first-order chi connectivity index (χ1) is 16.8. The molecule has 0 saturated heterocycles. The molecular weight excluding hydrogens is 492 g/mol. The van der Waals surface area contributed by atoms with E-state index in [-0.39, 0.29) is 27.3 Å². The largest absolute Gasteiger partial charge is 0.310 e. The number of sulfonamides is 1. The minimum Gasteiger partial charge on any atom is -0.310 e. The van der Waals surface area contributed by atoms with Crippen LogP contribution in [0.4, 0.5) is 14.5 Å². The van der Waals surface area contributed by atoms with Gasteiger partial charge in [0.25, 0.3) is 15.9 Å². The minimum absolute atomic E-state index is 0.0619. The van der Waals surface area contributed by atoms with E-state index >= 15 is 0 Å². The maximum absolute atomic E-state index is 14.4. The molecule has 6 nitrogen and oxygen atoms in total. The third-order valence-corrected chi connectivity index (χ3v) is 8.59. The molecule has 5 rings (SSSR count). The van der Waals surface area contributed by atoms with Gasteiger partial charge >= 0.3 is 0 Å². The van der Waals surface area contributed by atoms with Gasteiger partial charge < -0.3 is 4.57 Å². The van der Waals surface area contributed by atoms with Gasteiger partial charge in [0, 0.05) is 24.7 Å². The Morgan fingerprint density at radius 1 is 1.11 bits per heavy atom. The lowest BCUT2D eigenvalue weighted by atomic mass is 10.2. The maximum Gasteiger partial charge on any atom is 0.279 e. The number of thiazole rings is 1. The van der Waals surface area contributed by atoms with E-state index in [0.29, 0.717) is 23.4 Å². The van der Waals surface area contributed by atoms with E-state index in [2.05, 4.69) is 11.6 Å². The van der Waals surface area contributed by atoms with E-state index in [1.165, 1.54) is 45.3 Å². The zero-order chi connectivity index (χ0) is 24.7. The van der Waals surface area contributed by atoms with Gasteiger partial charge in [0.2, 0.25) is 0 Å². The fraction of sp³-hybridized carbons (Fsp3) is 0.120. The number of carbonyl (C=O) groups is 1. The lowest BCUT2D eigenvalue weighted by molar-refractivity contribution is 0.0997. The Labute approximate surface area is 204 Å². The summed E-state index contributed by atoms with van der Waals surface area (Å²) < 4.78 is 57.6. The molecule has 1 amide bonds. The first-order valence-corrected chi connectivity index (χ1v) is 12.9. The Balaban J connectivity index is 1.48. The summed E-state index contributed by atoms with van der Waals surface area (Å²) >= 11 is 0.978. The second kappa shape index (κ2) is 8.86. The second-order valence-corrected chi connectivity index (χ2v) is 10.8. The first-order valence-electron chi connectivity index (χ1n) is 10.7. The summed E-state index contributed by atoms with van der Waals surface area (Å²) in [6, 6.07) is 14.8. The molecule has 3 aromatic carbocycles. The highest BCUT2D eigenvalue weighted by Gasteiger charge is 2.30. The van der Waals surface area contributed by atoms with Crippen molar-refractivity contribution in [3.63, 3.8) is 0 Å². The van der Waals surface area contributed by atoms with E-state index in [0.717, 1.165) is 23.0 Å². The SMILES string of the molecule is C=CCn1c(=NC(=O)c2ccc(S(=O)(=O)N3CCc4ccccc43)cc2)sc2cc(F)cc(F)c21. The van der Waals surface area contributed by atoms with E-state index in [9.17, 15) is 22.0 Å². The molecule has 0 atom stereocenters. The summed E-state index contributed by atoms with van der Waals surface area (Å²) in [6.07, 6.45) is 2.16. The Morgan fingerprint density at radius 2 is 1.86 bits per heavy atom. The van der Waals surface area contributed by atoms with E-state index in [1.807, 2.05) is 12.1 Å². The Kier molecular flexibility index (Phi) is 5.86. The first kappa shape index (κ1) is 23.1. The predicted molar refractivity (Wildman–Crippen MR) is 131 cm³/mol. The Morgan fingerprint density at radius 3 is 2.60 bits per heavy atom. The molecular formula is C25H19F2N3O3S2. The van der Waals surface area contributed by atoms with Crippen molar-refractivity contribution in [1.29, 1.82) is 0 Å². The summed E-state index contributed by atoms with van der Waals surface area (Å²) in [7, 11) is -3.79. The van der Waals surface area contributed by atoms with Gasteiger partial charge in [0.15, 0.2) is 10.6 Å². The number of carbonyl (C=O) groups excluding carboxylic acids is 1. The second-order valence-electron chi connectivity index (χ2n) is 7.92. The lowest BCUT2D eigenvalue weighted by Crippen LogP contribution is -2.29. The van der Waals surface area contributed by atoms with Gasteiger partial charge in [-0.05, 0) is 48.4 Å². The van der Waals surface area contributed by atoms with Crippen molar-refractivity contribution in [2.75, 3.05) is 10.8 Å². The highest BCUT2D eigenvalue weighted by atomic mass is 32.2. The van der Waals surface area contributed by atoms with Crippen molar-refractivity contribution in [2.45, 2.75) is 17.9 Å². The summed E-state index contributed by atoms with van der Waals surface area (Å²) in [4.78, 5) is 17.2. The number of rotatable bonds is 5. The third kappa shape index (κ3) is 4.08. The lowest BCUT2D eigenvalue weighted by Gasteiger charge is -2.19. The molecule has 2 heterocycles. The van der Waals surface area contributed by atoms with Crippen LogP contribution in [0.5, 0.6) is 0 Å². The van der Waals surface area contributed by atoms with Crippen molar-refractivity contribution < 1.29 is 22.0 Å². The van der Waals surface area contributed by atoms with Crippen LogP contribution in [-0.2, 0) is 23.0 Å². The van der Waals surface area contributed by atoms with Gasteiger partial charge in [-0.25, -0.2) is 17.2 Å². The topological polar surface area (TPSA) is 71.7 Å². The van der Waals surface area contributed by atoms with Crippen molar-refractivity contribution >= 4 is 43.2 Å². The number of hydrogen-bond acceptors (Lipinski definition) is 4. The van der Waals surface area contributed by atoms with Crippen LogP contribution in [0.1, 0.15) is 15.9 Å². The molecule has 0 radical (unpaired) electrons. The summed E-state index contributed by atoms with van der Waals surface area (Å²) in [5, 5.41) is 0. The van der Waals surface area contributed by atoms with Gasteiger partial charge in [-0.3, -0.25) is 9.10 Å². The van der Waals surface area contributed by atoms with Crippen LogP contribution in [0, 0.1) is 11.6 Å². The quantitative estimate of drug-likeness (QED) is 0.366. The molecule has 35 heavy (non-hydrogen) atoms. The van der Waals surface area contributed by atoms with Crippen molar-refractivity contribution in [3.8, 4) is 0 Å². The van der Waals surface area contributed by atoms with Crippen LogP contribution in [0.2, 0.25) is 0 Å². The number of para-hydroxylation sites is 1. The molecule has 0 spiro atoms. The monoisotopic (exact) mass is 511 g/mol. The van der Waals surface area contributed by atoms with Crippen molar-refractivity contribution in [3.05, 3.63) is 101 Å². The van der Waals surface area contributed by atoms with Crippen molar-refractivity contribution in [1.82, 2.24) is 4.57 Å². The molecule has 178 valence electrons. The highest BCUT2D eigenvalue weighted by molar-refractivity contribution is 7.92. The molecule has 1 aromatic heterocycles. The average molecular weight is 512 g/mol. The summed E-state index contributed by atoms with van der Waals surface area (Å²) in [5.74, 6) is -2.12. The molecule has 1 aliphatic rings. The number of nitrogens with zero attached hydrogens (tertiary/aromatic N) is 3. The fourth-order valence-electron chi connectivity index (χ4n) is 4.12. The molecule has 0 unspecified atom stereocenters.